The first-order valence-corrected chi connectivity index (χ1v) is 10.5. The molecule has 0 atom stereocenters. The van der Waals surface area contributed by atoms with Crippen LogP contribution in [-0.4, -0.2) is 38.7 Å². The minimum absolute atomic E-state index is 0.412. The molecular weight excluding hydrogens is 388 g/mol. The van der Waals surface area contributed by atoms with Gasteiger partial charge in [-0.2, -0.15) is 20.1 Å². The fourth-order valence-corrected chi connectivity index (χ4v) is 3.74. The van der Waals surface area contributed by atoms with Gasteiger partial charge in [0.05, 0.1) is 5.71 Å². The standard InChI is InChI=1S/C23H24N8/c1-16(19-15-24-20-12-6-5-11-18(19)20)29-30-22-26-21(25-17-9-3-2-4-10-17)27-23(28-22)31-13-7-8-14-31/h2-6,9-12,15,24H,7-8,13-14H2,1H3,(H2,25,26,27,28,30)/b29-16-. The van der Waals surface area contributed by atoms with Gasteiger partial charge in [0.2, 0.25) is 17.8 Å². The lowest BCUT2D eigenvalue weighted by Crippen LogP contribution is -2.22. The molecule has 8 heteroatoms. The summed E-state index contributed by atoms with van der Waals surface area (Å²) < 4.78 is 0. The fourth-order valence-electron chi connectivity index (χ4n) is 3.74. The van der Waals surface area contributed by atoms with Crippen LogP contribution in [0.1, 0.15) is 25.3 Å². The first-order valence-electron chi connectivity index (χ1n) is 10.5. The number of hydrogen-bond donors (Lipinski definition) is 3. The van der Waals surface area contributed by atoms with Crippen LogP contribution in [0, 0.1) is 0 Å². The average molecular weight is 413 g/mol. The molecule has 0 aliphatic carbocycles. The number of nitrogens with zero attached hydrogens (tertiary/aromatic N) is 5. The number of aromatic amines is 1. The lowest BCUT2D eigenvalue weighted by molar-refractivity contribution is 0.882. The van der Waals surface area contributed by atoms with Crippen molar-refractivity contribution in [3.8, 4) is 0 Å². The number of H-pyrrole nitrogens is 1. The summed E-state index contributed by atoms with van der Waals surface area (Å²) in [5.74, 6) is 1.56. The maximum Gasteiger partial charge on any atom is 0.250 e. The van der Waals surface area contributed by atoms with Crippen LogP contribution in [0.15, 0.2) is 65.9 Å². The van der Waals surface area contributed by atoms with Gasteiger partial charge in [-0.3, -0.25) is 0 Å². The number of anilines is 4. The predicted octanol–water partition coefficient (Wildman–Crippen LogP) is 4.53. The number of hydrogen-bond acceptors (Lipinski definition) is 7. The van der Waals surface area contributed by atoms with Gasteiger partial charge in [-0.25, -0.2) is 5.43 Å². The average Bonchev–Trinajstić information content (AvgIpc) is 3.48. The monoisotopic (exact) mass is 412 g/mol. The Hall–Kier alpha value is -3.94. The molecule has 0 amide bonds. The normalized spacial score (nSPS) is 14.2. The van der Waals surface area contributed by atoms with E-state index in [-0.39, 0.29) is 0 Å². The van der Waals surface area contributed by atoms with E-state index >= 15 is 0 Å². The number of hydrazone groups is 1. The maximum absolute atomic E-state index is 4.63. The van der Waals surface area contributed by atoms with Gasteiger partial charge in [0.25, 0.3) is 0 Å². The van der Waals surface area contributed by atoms with E-state index in [9.17, 15) is 0 Å². The fraction of sp³-hybridized carbons (Fsp3) is 0.217. The van der Waals surface area contributed by atoms with Crippen LogP contribution in [0.25, 0.3) is 10.9 Å². The van der Waals surface area contributed by atoms with E-state index in [1.165, 1.54) is 0 Å². The second kappa shape index (κ2) is 8.43. The van der Waals surface area contributed by atoms with Crippen molar-refractivity contribution in [1.29, 1.82) is 0 Å². The lowest BCUT2D eigenvalue weighted by atomic mass is 10.1. The van der Waals surface area contributed by atoms with Gasteiger partial charge in [-0.1, -0.05) is 36.4 Å². The molecule has 2 aromatic carbocycles. The second-order valence-corrected chi connectivity index (χ2v) is 7.52. The van der Waals surface area contributed by atoms with E-state index in [0.29, 0.717) is 17.8 Å². The molecule has 0 saturated carbocycles. The lowest BCUT2D eigenvalue weighted by Gasteiger charge is -2.16. The van der Waals surface area contributed by atoms with Crippen molar-refractivity contribution in [2.45, 2.75) is 19.8 Å². The SMILES string of the molecule is C/C(=N/Nc1nc(Nc2ccccc2)nc(N2CCCC2)n1)c1c[nH]c2ccccc12. The zero-order chi connectivity index (χ0) is 21.0. The summed E-state index contributed by atoms with van der Waals surface area (Å²) in [5.41, 5.74) is 6.92. The van der Waals surface area contributed by atoms with Crippen molar-refractivity contribution in [3.63, 3.8) is 0 Å². The highest BCUT2D eigenvalue weighted by molar-refractivity contribution is 6.09. The Kier molecular flexibility index (Phi) is 5.18. The van der Waals surface area contributed by atoms with Crippen LogP contribution < -0.4 is 15.6 Å². The maximum atomic E-state index is 4.63. The number of fused-ring (bicyclic) bond motifs is 1. The second-order valence-electron chi connectivity index (χ2n) is 7.52. The molecule has 3 heterocycles. The van der Waals surface area contributed by atoms with Crippen LogP contribution in [0.4, 0.5) is 23.5 Å². The van der Waals surface area contributed by atoms with Gasteiger partial charge in [0.15, 0.2) is 0 Å². The molecule has 1 saturated heterocycles. The Balaban J connectivity index is 1.43. The van der Waals surface area contributed by atoms with E-state index in [2.05, 4.69) is 52.8 Å². The zero-order valence-corrected chi connectivity index (χ0v) is 17.3. The molecule has 31 heavy (non-hydrogen) atoms. The number of aromatic nitrogens is 4. The van der Waals surface area contributed by atoms with Crippen LogP contribution in [-0.2, 0) is 0 Å². The van der Waals surface area contributed by atoms with Crippen LogP contribution in [0.3, 0.4) is 0 Å². The third-order valence-corrected chi connectivity index (χ3v) is 5.35. The van der Waals surface area contributed by atoms with Crippen molar-refractivity contribution >= 4 is 40.1 Å². The Labute approximate surface area is 180 Å². The minimum Gasteiger partial charge on any atom is -0.360 e. The molecule has 8 nitrogen and oxygen atoms in total. The Morgan fingerprint density at radius 3 is 2.52 bits per heavy atom. The summed E-state index contributed by atoms with van der Waals surface area (Å²) in [6.45, 7) is 3.87. The van der Waals surface area contributed by atoms with Crippen LogP contribution >= 0.6 is 0 Å². The predicted molar refractivity (Wildman–Crippen MR) is 125 cm³/mol. The summed E-state index contributed by atoms with van der Waals surface area (Å²) in [4.78, 5) is 19.2. The first-order chi connectivity index (χ1) is 15.3. The topological polar surface area (TPSA) is 94.1 Å². The zero-order valence-electron chi connectivity index (χ0n) is 17.3. The highest BCUT2D eigenvalue weighted by Gasteiger charge is 2.17. The molecule has 5 rings (SSSR count). The summed E-state index contributed by atoms with van der Waals surface area (Å²) in [5, 5.41) is 8.95. The van der Waals surface area contributed by atoms with Crippen molar-refractivity contribution < 1.29 is 0 Å². The summed E-state index contributed by atoms with van der Waals surface area (Å²) in [6, 6.07) is 18.0. The van der Waals surface area contributed by atoms with Crippen molar-refractivity contribution in [3.05, 3.63) is 66.4 Å². The van der Waals surface area contributed by atoms with E-state index in [1.807, 2.05) is 55.6 Å². The van der Waals surface area contributed by atoms with Crippen molar-refractivity contribution in [2.24, 2.45) is 5.10 Å². The number of nitrogens with one attached hydrogen (secondary N) is 3. The van der Waals surface area contributed by atoms with Crippen molar-refractivity contribution in [2.75, 3.05) is 28.7 Å². The molecule has 4 aromatic rings. The minimum atomic E-state index is 0.412. The molecular formula is C23H24N8. The van der Waals surface area contributed by atoms with Gasteiger partial charge >= 0.3 is 0 Å². The quantitative estimate of drug-likeness (QED) is 0.318. The van der Waals surface area contributed by atoms with E-state index in [0.717, 1.165) is 53.8 Å². The molecule has 2 aromatic heterocycles. The van der Waals surface area contributed by atoms with Crippen LogP contribution in [0.5, 0.6) is 0 Å². The molecule has 1 aliphatic rings. The molecule has 0 radical (unpaired) electrons. The molecule has 1 aliphatic heterocycles. The molecule has 0 bridgehead atoms. The highest BCUT2D eigenvalue weighted by Crippen LogP contribution is 2.22. The highest BCUT2D eigenvalue weighted by atomic mass is 15.4. The third-order valence-electron chi connectivity index (χ3n) is 5.35. The Morgan fingerprint density at radius 2 is 1.68 bits per heavy atom. The first kappa shape index (κ1) is 19.0. The smallest absolute Gasteiger partial charge is 0.250 e. The van der Waals surface area contributed by atoms with Crippen molar-refractivity contribution in [1.82, 2.24) is 19.9 Å². The summed E-state index contributed by atoms with van der Waals surface area (Å²) >= 11 is 0. The van der Waals surface area contributed by atoms with Crippen LogP contribution in [0.2, 0.25) is 0 Å². The number of para-hydroxylation sites is 2. The number of rotatable bonds is 6. The van der Waals surface area contributed by atoms with E-state index < -0.39 is 0 Å². The van der Waals surface area contributed by atoms with Gasteiger partial charge in [0, 0.05) is 41.4 Å². The van der Waals surface area contributed by atoms with Gasteiger partial charge in [0.1, 0.15) is 0 Å². The summed E-state index contributed by atoms with van der Waals surface area (Å²) in [6.07, 6.45) is 4.26. The van der Waals surface area contributed by atoms with E-state index in [4.69, 9.17) is 0 Å². The molecule has 3 N–H and O–H groups in total. The third kappa shape index (κ3) is 4.18. The van der Waals surface area contributed by atoms with E-state index in [1.54, 1.807) is 0 Å². The number of benzene rings is 2. The van der Waals surface area contributed by atoms with Gasteiger partial charge in [-0.05, 0) is 38.0 Å². The molecule has 0 unspecified atom stereocenters. The molecule has 0 spiro atoms. The van der Waals surface area contributed by atoms with Gasteiger partial charge in [-0.15, -0.1) is 0 Å². The largest absolute Gasteiger partial charge is 0.360 e. The summed E-state index contributed by atoms with van der Waals surface area (Å²) in [7, 11) is 0. The Bertz CT molecular complexity index is 1210. The molecule has 1 fully saturated rings. The Morgan fingerprint density at radius 1 is 0.935 bits per heavy atom. The van der Waals surface area contributed by atoms with Gasteiger partial charge < -0.3 is 15.2 Å². The molecule has 156 valence electrons.